The maximum Gasteiger partial charge on any atom is 0.307 e. The van der Waals surface area contributed by atoms with Gasteiger partial charge in [-0.15, -0.1) is 0 Å². The zero-order valence-electron chi connectivity index (χ0n) is 9.71. The number of carboxylic acids is 1. The van der Waals surface area contributed by atoms with Crippen LogP contribution in [0.5, 0.6) is 0 Å². The van der Waals surface area contributed by atoms with Crippen molar-refractivity contribution in [3.05, 3.63) is 29.8 Å². The van der Waals surface area contributed by atoms with Gasteiger partial charge in [-0.05, 0) is 18.6 Å². The zero-order valence-corrected chi connectivity index (χ0v) is 10.5. The van der Waals surface area contributed by atoms with E-state index in [2.05, 4.69) is 0 Å². The van der Waals surface area contributed by atoms with Gasteiger partial charge in [0.25, 0.3) is 0 Å². The highest BCUT2D eigenvalue weighted by molar-refractivity contribution is 7.89. The van der Waals surface area contributed by atoms with Gasteiger partial charge in [-0.1, -0.05) is 0 Å². The molecule has 0 radical (unpaired) electrons. The molecule has 2 rings (SSSR count). The number of rotatable bonds is 3. The van der Waals surface area contributed by atoms with E-state index in [0.29, 0.717) is 18.2 Å². The maximum absolute atomic E-state index is 13.0. The lowest BCUT2D eigenvalue weighted by molar-refractivity contribution is -0.141. The van der Waals surface area contributed by atoms with E-state index >= 15 is 0 Å². The summed E-state index contributed by atoms with van der Waals surface area (Å²) in [4.78, 5) is 10.3. The number of nitrogens with zero attached hydrogens (tertiary/aromatic N) is 1. The number of carbonyl (C=O) groups is 1. The van der Waals surface area contributed by atoms with E-state index in [0.717, 1.165) is 4.31 Å². The Bertz CT molecular complexity index is 597. The Hall–Kier alpha value is -1.54. The van der Waals surface area contributed by atoms with Crippen LogP contribution in [0.25, 0.3) is 0 Å². The van der Waals surface area contributed by atoms with Gasteiger partial charge in [0.15, 0.2) is 0 Å². The molecule has 1 heterocycles. The van der Waals surface area contributed by atoms with E-state index in [1.165, 1.54) is 0 Å². The molecule has 1 fully saturated rings. The Morgan fingerprint density at radius 1 is 1.26 bits per heavy atom. The van der Waals surface area contributed by atoms with Gasteiger partial charge in [-0.3, -0.25) is 4.79 Å². The van der Waals surface area contributed by atoms with Gasteiger partial charge < -0.3 is 5.11 Å². The quantitative estimate of drug-likeness (QED) is 0.903. The molecule has 1 N–H and O–H groups in total. The standard InChI is InChI=1S/C11H11F2NO4S/c12-8-3-9(13)5-10(4-8)19(17,18)14-2-1-7(6-14)11(15)16/h3-5,7H,1-2,6H2,(H,15,16)/t7-/m1/s1. The van der Waals surface area contributed by atoms with Crippen molar-refractivity contribution in [2.75, 3.05) is 13.1 Å². The lowest BCUT2D eigenvalue weighted by atomic mass is 10.1. The minimum atomic E-state index is -4.06. The topological polar surface area (TPSA) is 74.7 Å². The Kier molecular flexibility index (Phi) is 3.55. The third kappa shape index (κ3) is 2.74. The first kappa shape index (κ1) is 13.9. The molecular formula is C11H11F2NO4S. The molecule has 0 aliphatic carbocycles. The minimum Gasteiger partial charge on any atom is -0.481 e. The number of benzene rings is 1. The van der Waals surface area contributed by atoms with Gasteiger partial charge in [0.05, 0.1) is 10.8 Å². The molecule has 0 spiro atoms. The van der Waals surface area contributed by atoms with Crippen LogP contribution in [0.15, 0.2) is 23.1 Å². The monoisotopic (exact) mass is 291 g/mol. The van der Waals surface area contributed by atoms with Gasteiger partial charge in [-0.2, -0.15) is 4.31 Å². The first-order chi connectivity index (χ1) is 8.80. The van der Waals surface area contributed by atoms with Crippen molar-refractivity contribution in [1.29, 1.82) is 0 Å². The van der Waals surface area contributed by atoms with Gasteiger partial charge in [0, 0.05) is 19.2 Å². The van der Waals surface area contributed by atoms with Crippen molar-refractivity contribution < 1.29 is 27.1 Å². The molecule has 104 valence electrons. The SMILES string of the molecule is O=C(O)[C@@H]1CCN(S(=O)(=O)c2cc(F)cc(F)c2)C1. The number of sulfonamides is 1. The normalized spacial score (nSPS) is 20.6. The summed E-state index contributed by atoms with van der Waals surface area (Å²) in [5.74, 6) is -3.85. The minimum absolute atomic E-state index is 0.0252. The van der Waals surface area contributed by atoms with Crippen LogP contribution in [-0.2, 0) is 14.8 Å². The molecule has 8 heteroatoms. The maximum atomic E-state index is 13.0. The number of halogens is 2. The van der Waals surface area contributed by atoms with Gasteiger partial charge in [-0.25, -0.2) is 17.2 Å². The molecule has 1 aliphatic heterocycles. The third-order valence-corrected chi connectivity index (χ3v) is 4.82. The van der Waals surface area contributed by atoms with E-state index < -0.39 is 38.4 Å². The molecule has 0 unspecified atom stereocenters. The first-order valence-corrected chi connectivity index (χ1v) is 6.94. The second-order valence-electron chi connectivity index (χ2n) is 4.29. The van der Waals surface area contributed by atoms with Crippen molar-refractivity contribution >= 4 is 16.0 Å². The lowest BCUT2D eigenvalue weighted by Crippen LogP contribution is -2.30. The highest BCUT2D eigenvalue weighted by Crippen LogP contribution is 2.25. The molecule has 0 aromatic heterocycles. The second-order valence-corrected chi connectivity index (χ2v) is 6.23. The summed E-state index contributed by atoms with van der Waals surface area (Å²) < 4.78 is 51.2. The van der Waals surface area contributed by atoms with Crippen LogP contribution in [0.1, 0.15) is 6.42 Å². The van der Waals surface area contributed by atoms with Crippen LogP contribution in [0, 0.1) is 17.6 Å². The highest BCUT2D eigenvalue weighted by atomic mass is 32.2. The summed E-state index contributed by atoms with van der Waals surface area (Å²) in [5, 5.41) is 8.81. The number of aliphatic carboxylic acids is 1. The summed E-state index contributed by atoms with van der Waals surface area (Å²) in [5.41, 5.74) is 0. The second kappa shape index (κ2) is 4.86. The fourth-order valence-corrected chi connectivity index (χ4v) is 3.52. The smallest absolute Gasteiger partial charge is 0.307 e. The first-order valence-electron chi connectivity index (χ1n) is 5.50. The molecule has 1 aromatic carbocycles. The average molecular weight is 291 g/mol. The largest absolute Gasteiger partial charge is 0.481 e. The van der Waals surface area contributed by atoms with Crippen molar-refractivity contribution in [2.45, 2.75) is 11.3 Å². The van der Waals surface area contributed by atoms with Crippen molar-refractivity contribution in [1.82, 2.24) is 4.31 Å². The molecule has 1 atom stereocenters. The Morgan fingerprint density at radius 2 is 1.84 bits per heavy atom. The fourth-order valence-electron chi connectivity index (χ4n) is 1.97. The van der Waals surface area contributed by atoms with Crippen LogP contribution in [0.3, 0.4) is 0 Å². The molecule has 19 heavy (non-hydrogen) atoms. The summed E-state index contributed by atoms with van der Waals surface area (Å²) in [6, 6.07) is 2.00. The van der Waals surface area contributed by atoms with Crippen LogP contribution >= 0.6 is 0 Å². The Morgan fingerprint density at radius 3 is 2.32 bits per heavy atom. The highest BCUT2D eigenvalue weighted by Gasteiger charge is 2.36. The average Bonchev–Trinajstić information content (AvgIpc) is 2.77. The van der Waals surface area contributed by atoms with Crippen molar-refractivity contribution in [2.24, 2.45) is 5.92 Å². The summed E-state index contributed by atoms with van der Waals surface area (Å²) in [7, 11) is -4.06. The molecule has 0 saturated carbocycles. The Balaban J connectivity index is 2.31. The predicted octanol–water partition coefficient (Wildman–Crippen LogP) is 1.06. The number of hydrogen-bond acceptors (Lipinski definition) is 3. The van der Waals surface area contributed by atoms with Crippen LogP contribution in [0.4, 0.5) is 8.78 Å². The summed E-state index contributed by atoms with van der Waals surface area (Å²) in [6.45, 7) is -0.159. The summed E-state index contributed by atoms with van der Waals surface area (Å²) in [6.07, 6.45) is 0.187. The number of carboxylic acid groups (broad SMARTS) is 1. The van der Waals surface area contributed by atoms with Crippen molar-refractivity contribution in [3.8, 4) is 0 Å². The van der Waals surface area contributed by atoms with Gasteiger partial charge in [0.2, 0.25) is 10.0 Å². The molecule has 0 bridgehead atoms. The Labute approximate surface area is 108 Å². The lowest BCUT2D eigenvalue weighted by Gasteiger charge is -2.16. The fraction of sp³-hybridized carbons (Fsp3) is 0.364. The molecule has 1 aliphatic rings. The summed E-state index contributed by atoms with van der Waals surface area (Å²) >= 11 is 0. The molecular weight excluding hydrogens is 280 g/mol. The van der Waals surface area contributed by atoms with Crippen LogP contribution in [0.2, 0.25) is 0 Å². The molecule has 1 aromatic rings. The van der Waals surface area contributed by atoms with Gasteiger partial charge >= 0.3 is 5.97 Å². The van der Waals surface area contributed by atoms with E-state index in [9.17, 15) is 22.0 Å². The van der Waals surface area contributed by atoms with Gasteiger partial charge in [0.1, 0.15) is 11.6 Å². The van der Waals surface area contributed by atoms with E-state index in [1.54, 1.807) is 0 Å². The van der Waals surface area contributed by atoms with E-state index in [-0.39, 0.29) is 19.5 Å². The number of hydrogen-bond donors (Lipinski definition) is 1. The van der Waals surface area contributed by atoms with Crippen molar-refractivity contribution in [3.63, 3.8) is 0 Å². The zero-order chi connectivity index (χ0) is 14.2. The molecule has 0 amide bonds. The van der Waals surface area contributed by atoms with Crippen LogP contribution in [-0.4, -0.2) is 36.9 Å². The molecule has 5 nitrogen and oxygen atoms in total. The van der Waals surface area contributed by atoms with E-state index in [1.807, 2.05) is 0 Å². The van der Waals surface area contributed by atoms with Crippen LogP contribution < -0.4 is 0 Å². The third-order valence-electron chi connectivity index (χ3n) is 2.97. The molecule has 1 saturated heterocycles. The van der Waals surface area contributed by atoms with E-state index in [4.69, 9.17) is 5.11 Å². The predicted molar refractivity (Wildman–Crippen MR) is 60.9 cm³/mol.